The van der Waals surface area contributed by atoms with Crippen LogP contribution in [0.3, 0.4) is 0 Å². The first-order valence-corrected chi connectivity index (χ1v) is 11.9. The maximum atomic E-state index is 13.3. The van der Waals surface area contributed by atoms with Gasteiger partial charge in [-0.25, -0.2) is 9.78 Å². The van der Waals surface area contributed by atoms with Crippen molar-refractivity contribution in [1.82, 2.24) is 4.98 Å². The van der Waals surface area contributed by atoms with Gasteiger partial charge < -0.3 is 19.3 Å². The summed E-state index contributed by atoms with van der Waals surface area (Å²) in [6.45, 7) is 3.95. The molecule has 0 saturated carbocycles. The number of anilines is 1. The van der Waals surface area contributed by atoms with Crippen LogP contribution in [0.4, 0.5) is 5.13 Å². The van der Waals surface area contributed by atoms with Crippen molar-refractivity contribution in [2.45, 2.75) is 19.9 Å². The molecule has 0 spiro atoms. The molecular formula is C26H24N2O7S. The maximum absolute atomic E-state index is 13.3. The standard InChI is InChI=1S/C26H24N2O7S/c1-5-35-18-12-8-16(9-13-18)21(29)19-20(15-6-10-17(33-3)11-7-15)28(24(31)22(19)30)26-27-14(2)23(36-26)25(32)34-4/h6-13,20,29H,5H2,1-4H3. The number of nitrogens with zero attached hydrogens (tertiary/aromatic N) is 2. The van der Waals surface area contributed by atoms with Crippen molar-refractivity contribution < 1.29 is 33.7 Å². The minimum Gasteiger partial charge on any atom is -0.507 e. The topological polar surface area (TPSA) is 115 Å². The average molecular weight is 509 g/mol. The molecule has 2 heterocycles. The van der Waals surface area contributed by atoms with Crippen molar-refractivity contribution in [3.05, 3.63) is 75.8 Å². The first kappa shape index (κ1) is 24.9. The molecular weight excluding hydrogens is 484 g/mol. The van der Waals surface area contributed by atoms with Gasteiger partial charge in [-0.2, -0.15) is 0 Å². The molecule has 1 amide bonds. The predicted octanol–water partition coefficient (Wildman–Crippen LogP) is 4.27. The number of ketones is 1. The van der Waals surface area contributed by atoms with E-state index in [-0.39, 0.29) is 21.3 Å². The van der Waals surface area contributed by atoms with Gasteiger partial charge in [0.15, 0.2) is 5.13 Å². The third-order valence-corrected chi connectivity index (χ3v) is 6.81. The second kappa shape index (κ2) is 10.2. The number of aliphatic hydroxyl groups is 1. The molecule has 1 atom stereocenters. The zero-order chi connectivity index (χ0) is 26.0. The van der Waals surface area contributed by atoms with Crippen LogP contribution < -0.4 is 14.4 Å². The van der Waals surface area contributed by atoms with E-state index in [2.05, 4.69) is 4.98 Å². The minimum absolute atomic E-state index is 0.0956. The number of Topliss-reactive ketones (excluding diaryl/α,β-unsaturated/α-hetero) is 1. The third kappa shape index (κ3) is 4.42. The fourth-order valence-electron chi connectivity index (χ4n) is 3.93. The molecule has 0 aliphatic carbocycles. The third-order valence-electron chi connectivity index (χ3n) is 5.68. The van der Waals surface area contributed by atoms with E-state index in [0.29, 0.717) is 34.9 Å². The van der Waals surface area contributed by atoms with Gasteiger partial charge in [0.1, 0.15) is 22.1 Å². The Morgan fingerprint density at radius 1 is 1.06 bits per heavy atom. The van der Waals surface area contributed by atoms with Crippen molar-refractivity contribution >= 4 is 39.9 Å². The number of aliphatic hydroxyl groups excluding tert-OH is 1. The number of carbonyl (C=O) groups excluding carboxylic acids is 3. The van der Waals surface area contributed by atoms with Gasteiger partial charge in [-0.3, -0.25) is 14.5 Å². The lowest BCUT2D eigenvalue weighted by Gasteiger charge is -2.23. The molecule has 1 aliphatic rings. The molecule has 186 valence electrons. The van der Waals surface area contributed by atoms with Gasteiger partial charge in [-0.15, -0.1) is 0 Å². The Labute approximate surface area is 211 Å². The van der Waals surface area contributed by atoms with Crippen molar-refractivity contribution in [2.24, 2.45) is 0 Å². The molecule has 1 N–H and O–H groups in total. The van der Waals surface area contributed by atoms with Crippen molar-refractivity contribution in [2.75, 3.05) is 25.7 Å². The van der Waals surface area contributed by atoms with Crippen LogP contribution in [-0.2, 0) is 14.3 Å². The van der Waals surface area contributed by atoms with Crippen LogP contribution in [0.15, 0.2) is 54.1 Å². The van der Waals surface area contributed by atoms with E-state index in [1.165, 1.54) is 19.1 Å². The van der Waals surface area contributed by atoms with Gasteiger partial charge in [0, 0.05) is 5.56 Å². The lowest BCUT2D eigenvalue weighted by atomic mass is 9.95. The highest BCUT2D eigenvalue weighted by Gasteiger charge is 2.48. The summed E-state index contributed by atoms with van der Waals surface area (Å²) in [5.74, 6) is -1.47. The van der Waals surface area contributed by atoms with Crippen LogP contribution in [0, 0.1) is 6.92 Å². The maximum Gasteiger partial charge on any atom is 0.350 e. The number of thiazole rings is 1. The monoisotopic (exact) mass is 508 g/mol. The molecule has 0 radical (unpaired) electrons. The number of benzene rings is 2. The number of esters is 1. The quantitative estimate of drug-likeness (QED) is 0.218. The van der Waals surface area contributed by atoms with E-state index >= 15 is 0 Å². The number of carbonyl (C=O) groups is 3. The van der Waals surface area contributed by atoms with Crippen molar-refractivity contribution in [3.63, 3.8) is 0 Å². The lowest BCUT2D eigenvalue weighted by molar-refractivity contribution is -0.132. The molecule has 1 unspecified atom stereocenters. The normalized spacial score (nSPS) is 16.8. The van der Waals surface area contributed by atoms with Gasteiger partial charge >= 0.3 is 11.9 Å². The van der Waals surface area contributed by atoms with Crippen LogP contribution in [0.25, 0.3) is 5.76 Å². The van der Waals surface area contributed by atoms with Gasteiger partial charge in [-0.1, -0.05) is 23.5 Å². The SMILES string of the molecule is CCOc1ccc(C(O)=C2C(=O)C(=O)N(c3nc(C)c(C(=O)OC)s3)C2c2ccc(OC)cc2)cc1. The summed E-state index contributed by atoms with van der Waals surface area (Å²) >= 11 is 0.940. The summed E-state index contributed by atoms with van der Waals surface area (Å²) in [6.07, 6.45) is 0. The smallest absolute Gasteiger partial charge is 0.350 e. The van der Waals surface area contributed by atoms with Crippen LogP contribution in [0.1, 0.15) is 39.5 Å². The summed E-state index contributed by atoms with van der Waals surface area (Å²) in [6, 6.07) is 12.4. The molecule has 3 aromatic rings. The Bertz CT molecular complexity index is 1340. The molecule has 10 heteroatoms. The van der Waals surface area contributed by atoms with Gasteiger partial charge in [-0.05, 0) is 55.8 Å². The van der Waals surface area contributed by atoms with E-state index in [0.717, 1.165) is 11.3 Å². The number of aryl methyl sites for hydroxylation is 1. The lowest BCUT2D eigenvalue weighted by Crippen LogP contribution is -2.29. The molecule has 9 nitrogen and oxygen atoms in total. The summed E-state index contributed by atoms with van der Waals surface area (Å²) in [5, 5.41) is 11.4. The second-order valence-electron chi connectivity index (χ2n) is 7.80. The fraction of sp³-hybridized carbons (Fsp3) is 0.231. The molecule has 1 aromatic heterocycles. The summed E-state index contributed by atoms with van der Waals surface area (Å²) in [4.78, 5) is 44.5. The first-order chi connectivity index (χ1) is 17.3. The van der Waals surface area contributed by atoms with Crippen LogP contribution in [-0.4, -0.2) is 48.6 Å². The Kier molecular flexibility index (Phi) is 7.07. The highest BCUT2D eigenvalue weighted by molar-refractivity contribution is 7.17. The molecule has 1 saturated heterocycles. The summed E-state index contributed by atoms with van der Waals surface area (Å²) < 4.78 is 15.5. The number of aromatic nitrogens is 1. The van der Waals surface area contributed by atoms with E-state index in [4.69, 9.17) is 14.2 Å². The number of methoxy groups -OCH3 is 2. The van der Waals surface area contributed by atoms with E-state index in [9.17, 15) is 19.5 Å². The average Bonchev–Trinajstić information content (AvgIpc) is 3.40. The minimum atomic E-state index is -0.987. The fourth-order valence-corrected chi connectivity index (χ4v) is 4.94. The Morgan fingerprint density at radius 3 is 2.28 bits per heavy atom. The number of hydrogen-bond acceptors (Lipinski definition) is 9. The molecule has 0 bridgehead atoms. The Hall–Kier alpha value is -4.18. The van der Waals surface area contributed by atoms with E-state index in [1.54, 1.807) is 55.5 Å². The van der Waals surface area contributed by atoms with Gasteiger partial charge in [0.05, 0.1) is 38.1 Å². The molecule has 2 aromatic carbocycles. The van der Waals surface area contributed by atoms with Crippen molar-refractivity contribution in [1.29, 1.82) is 0 Å². The van der Waals surface area contributed by atoms with Gasteiger partial charge in [0.2, 0.25) is 0 Å². The first-order valence-electron chi connectivity index (χ1n) is 11.0. The highest BCUT2D eigenvalue weighted by Crippen LogP contribution is 2.44. The molecule has 4 rings (SSSR count). The molecule has 1 fully saturated rings. The zero-order valence-electron chi connectivity index (χ0n) is 20.1. The number of hydrogen-bond donors (Lipinski definition) is 1. The predicted molar refractivity (Wildman–Crippen MR) is 134 cm³/mol. The zero-order valence-corrected chi connectivity index (χ0v) is 20.9. The Balaban J connectivity index is 1.88. The Morgan fingerprint density at radius 2 is 1.69 bits per heavy atom. The van der Waals surface area contributed by atoms with Crippen LogP contribution in [0.2, 0.25) is 0 Å². The second-order valence-corrected chi connectivity index (χ2v) is 8.78. The van der Waals surface area contributed by atoms with E-state index in [1.807, 2.05) is 6.92 Å². The summed E-state index contributed by atoms with van der Waals surface area (Å²) in [5.41, 5.74) is 1.17. The highest BCUT2D eigenvalue weighted by atomic mass is 32.1. The molecule has 36 heavy (non-hydrogen) atoms. The van der Waals surface area contributed by atoms with Crippen LogP contribution >= 0.6 is 11.3 Å². The van der Waals surface area contributed by atoms with Gasteiger partial charge in [0.25, 0.3) is 5.78 Å². The van der Waals surface area contributed by atoms with Crippen LogP contribution in [0.5, 0.6) is 11.5 Å². The molecule has 1 aliphatic heterocycles. The largest absolute Gasteiger partial charge is 0.507 e. The number of amides is 1. The van der Waals surface area contributed by atoms with E-state index < -0.39 is 23.7 Å². The number of rotatable bonds is 7. The van der Waals surface area contributed by atoms with Crippen molar-refractivity contribution in [3.8, 4) is 11.5 Å². The number of ether oxygens (including phenoxy) is 3. The summed E-state index contributed by atoms with van der Waals surface area (Å²) in [7, 11) is 2.78.